The van der Waals surface area contributed by atoms with E-state index in [2.05, 4.69) is 10.6 Å². The fourth-order valence-corrected chi connectivity index (χ4v) is 4.27. The Labute approximate surface area is 215 Å². The van der Waals surface area contributed by atoms with Gasteiger partial charge in [-0.1, -0.05) is 78.9 Å². The number of benzene rings is 4. The molecule has 0 saturated carbocycles. The number of rotatable bonds is 6. The third-order valence-electron chi connectivity index (χ3n) is 6.03. The van der Waals surface area contributed by atoms with E-state index in [0.29, 0.717) is 11.0 Å². The molecule has 5 rings (SSSR count). The summed E-state index contributed by atoms with van der Waals surface area (Å²) in [6.45, 7) is 0. The molecule has 0 fully saturated rings. The van der Waals surface area contributed by atoms with Gasteiger partial charge >= 0.3 is 6.18 Å². The maximum absolute atomic E-state index is 13.7. The van der Waals surface area contributed by atoms with Crippen LogP contribution in [0.25, 0.3) is 11.0 Å². The van der Waals surface area contributed by atoms with Crippen LogP contribution in [-0.4, -0.2) is 11.8 Å². The average Bonchev–Trinajstić information content (AvgIpc) is 3.28. The maximum atomic E-state index is 13.7. The smallest absolute Gasteiger partial charge is 0.416 e. The van der Waals surface area contributed by atoms with Crippen molar-refractivity contribution in [2.45, 2.75) is 12.1 Å². The van der Waals surface area contributed by atoms with Gasteiger partial charge in [0.25, 0.3) is 5.91 Å². The van der Waals surface area contributed by atoms with E-state index in [1.807, 2.05) is 60.7 Å². The van der Waals surface area contributed by atoms with Gasteiger partial charge in [-0.3, -0.25) is 9.59 Å². The van der Waals surface area contributed by atoms with Gasteiger partial charge in [0.05, 0.1) is 11.5 Å². The van der Waals surface area contributed by atoms with Gasteiger partial charge in [-0.25, -0.2) is 0 Å². The second kappa shape index (κ2) is 10.3. The van der Waals surface area contributed by atoms with Gasteiger partial charge in [-0.15, -0.1) is 0 Å². The normalized spacial score (nSPS) is 11.5. The number of anilines is 2. The number of furan rings is 1. The number of nitrogens with one attached hydrogen (secondary N) is 2. The van der Waals surface area contributed by atoms with Crippen molar-refractivity contribution in [1.82, 2.24) is 0 Å². The number of carbonyl (C=O) groups is 2. The van der Waals surface area contributed by atoms with Gasteiger partial charge in [0.2, 0.25) is 11.7 Å². The molecule has 8 heteroatoms. The van der Waals surface area contributed by atoms with Crippen LogP contribution >= 0.6 is 0 Å². The van der Waals surface area contributed by atoms with Crippen molar-refractivity contribution in [2.24, 2.45) is 0 Å². The van der Waals surface area contributed by atoms with Crippen LogP contribution in [0, 0.1) is 0 Å². The highest BCUT2D eigenvalue weighted by molar-refractivity contribution is 6.15. The van der Waals surface area contributed by atoms with Crippen molar-refractivity contribution in [3.05, 3.63) is 132 Å². The Morgan fingerprint density at radius 1 is 0.711 bits per heavy atom. The molecule has 5 aromatic rings. The molecule has 0 atom stereocenters. The Morgan fingerprint density at radius 2 is 1.32 bits per heavy atom. The first kappa shape index (κ1) is 24.8. The van der Waals surface area contributed by atoms with Gasteiger partial charge in [-0.05, 0) is 41.5 Å². The molecule has 0 aliphatic heterocycles. The number of hydrogen-bond donors (Lipinski definition) is 2. The van der Waals surface area contributed by atoms with Crippen molar-refractivity contribution in [3.63, 3.8) is 0 Å². The van der Waals surface area contributed by atoms with Crippen molar-refractivity contribution >= 4 is 34.2 Å². The molecule has 190 valence electrons. The van der Waals surface area contributed by atoms with Gasteiger partial charge in [0, 0.05) is 11.1 Å². The molecule has 0 spiro atoms. The highest BCUT2D eigenvalue weighted by atomic mass is 19.4. The fourth-order valence-electron chi connectivity index (χ4n) is 4.27. The summed E-state index contributed by atoms with van der Waals surface area (Å²) in [6, 6.07) is 29.4. The molecule has 4 aromatic carbocycles. The second-order valence-corrected chi connectivity index (χ2v) is 8.58. The summed E-state index contributed by atoms with van der Waals surface area (Å²) in [5.74, 6) is -2.11. The molecule has 0 radical (unpaired) electrons. The van der Waals surface area contributed by atoms with Crippen LogP contribution in [0.1, 0.15) is 33.2 Å². The quantitative estimate of drug-likeness (QED) is 0.247. The summed E-state index contributed by atoms with van der Waals surface area (Å²) in [6.07, 6.45) is -4.57. The van der Waals surface area contributed by atoms with Crippen LogP contribution in [0.15, 0.2) is 114 Å². The standard InChI is InChI=1S/C30H21F3N2O3/c31-30(32,33)21-14-9-15-22(18-21)34-29(37)27-26(23-16-7-8-17-24(23)38-27)35-28(36)25(19-10-3-1-4-11-19)20-12-5-2-6-13-20/h1-18,25H,(H,34,37)(H,35,36). The number of carbonyl (C=O) groups excluding carboxylic acids is 2. The SMILES string of the molecule is O=C(Nc1cccc(C(F)(F)F)c1)c1oc2ccccc2c1NC(=O)C(c1ccccc1)c1ccccc1. The Morgan fingerprint density at radius 3 is 1.95 bits per heavy atom. The third kappa shape index (κ3) is 5.15. The summed E-state index contributed by atoms with van der Waals surface area (Å²) < 4.78 is 45.2. The second-order valence-electron chi connectivity index (χ2n) is 8.58. The average molecular weight is 515 g/mol. The summed E-state index contributed by atoms with van der Waals surface area (Å²) in [4.78, 5) is 27.0. The predicted molar refractivity (Wildman–Crippen MR) is 139 cm³/mol. The van der Waals surface area contributed by atoms with Gasteiger partial charge in [0.1, 0.15) is 11.3 Å². The lowest BCUT2D eigenvalue weighted by molar-refractivity contribution is -0.137. The molecule has 0 aliphatic rings. The zero-order valence-corrected chi connectivity index (χ0v) is 19.8. The first-order valence-electron chi connectivity index (χ1n) is 11.7. The molecular weight excluding hydrogens is 493 g/mol. The Hall–Kier alpha value is -4.85. The number of hydrogen-bond acceptors (Lipinski definition) is 3. The molecule has 1 heterocycles. The molecule has 2 amide bonds. The van der Waals surface area contributed by atoms with Crippen LogP contribution in [0.3, 0.4) is 0 Å². The highest BCUT2D eigenvalue weighted by Gasteiger charge is 2.31. The van der Waals surface area contributed by atoms with E-state index in [9.17, 15) is 22.8 Å². The molecule has 0 bridgehead atoms. The Kier molecular flexibility index (Phi) is 6.70. The topological polar surface area (TPSA) is 71.3 Å². The first-order chi connectivity index (χ1) is 18.3. The lowest BCUT2D eigenvalue weighted by atomic mass is 9.90. The van der Waals surface area contributed by atoms with E-state index in [4.69, 9.17) is 4.42 Å². The summed E-state index contributed by atoms with van der Waals surface area (Å²) in [7, 11) is 0. The van der Waals surface area contributed by atoms with Crippen molar-refractivity contribution < 1.29 is 27.2 Å². The minimum absolute atomic E-state index is 0.0611. The zero-order valence-electron chi connectivity index (χ0n) is 19.8. The predicted octanol–water partition coefficient (Wildman–Crippen LogP) is 7.47. The number of amides is 2. The summed E-state index contributed by atoms with van der Waals surface area (Å²) >= 11 is 0. The largest absolute Gasteiger partial charge is 0.449 e. The van der Waals surface area contributed by atoms with Gasteiger partial charge in [0.15, 0.2) is 0 Å². The first-order valence-corrected chi connectivity index (χ1v) is 11.7. The maximum Gasteiger partial charge on any atom is 0.416 e. The minimum Gasteiger partial charge on any atom is -0.449 e. The van der Waals surface area contributed by atoms with E-state index in [1.54, 1.807) is 24.3 Å². The fraction of sp³-hybridized carbons (Fsp3) is 0.0667. The van der Waals surface area contributed by atoms with Gasteiger partial charge < -0.3 is 15.1 Å². The molecule has 5 nitrogen and oxygen atoms in total. The van der Waals surface area contributed by atoms with Crippen LogP contribution in [0.4, 0.5) is 24.5 Å². The molecule has 1 aromatic heterocycles. The highest BCUT2D eigenvalue weighted by Crippen LogP contribution is 2.35. The molecule has 0 saturated heterocycles. The molecular formula is C30H21F3N2O3. The molecule has 38 heavy (non-hydrogen) atoms. The van der Waals surface area contributed by atoms with Crippen molar-refractivity contribution in [2.75, 3.05) is 10.6 Å². The minimum atomic E-state index is -4.57. The van der Waals surface area contributed by atoms with E-state index in [0.717, 1.165) is 23.3 Å². The number of fused-ring (bicyclic) bond motifs is 1. The molecule has 2 N–H and O–H groups in total. The van der Waals surface area contributed by atoms with E-state index < -0.39 is 29.5 Å². The Balaban J connectivity index is 1.51. The number of halogens is 3. The lowest BCUT2D eigenvalue weighted by Crippen LogP contribution is -2.24. The van der Waals surface area contributed by atoms with Crippen LogP contribution in [0.2, 0.25) is 0 Å². The monoisotopic (exact) mass is 514 g/mol. The van der Waals surface area contributed by atoms with Crippen LogP contribution in [-0.2, 0) is 11.0 Å². The number of para-hydroxylation sites is 1. The van der Waals surface area contributed by atoms with E-state index in [1.165, 1.54) is 12.1 Å². The third-order valence-corrected chi connectivity index (χ3v) is 6.03. The van der Waals surface area contributed by atoms with E-state index in [-0.39, 0.29) is 17.1 Å². The summed E-state index contributed by atoms with van der Waals surface area (Å²) in [5, 5.41) is 5.79. The lowest BCUT2D eigenvalue weighted by Gasteiger charge is -2.18. The van der Waals surface area contributed by atoms with Crippen LogP contribution < -0.4 is 10.6 Å². The van der Waals surface area contributed by atoms with E-state index >= 15 is 0 Å². The zero-order chi connectivity index (χ0) is 26.7. The molecule has 0 aliphatic carbocycles. The number of alkyl halides is 3. The van der Waals surface area contributed by atoms with Gasteiger partial charge in [-0.2, -0.15) is 13.2 Å². The van der Waals surface area contributed by atoms with Crippen LogP contribution in [0.5, 0.6) is 0 Å². The molecule has 0 unspecified atom stereocenters. The van der Waals surface area contributed by atoms with Crippen molar-refractivity contribution in [1.29, 1.82) is 0 Å². The Bertz CT molecular complexity index is 1560. The van der Waals surface area contributed by atoms with Crippen molar-refractivity contribution in [3.8, 4) is 0 Å². The summed E-state index contributed by atoms with van der Waals surface area (Å²) in [5.41, 5.74) is 1.01.